The van der Waals surface area contributed by atoms with E-state index in [0.29, 0.717) is 22.0 Å². The lowest BCUT2D eigenvalue weighted by atomic mass is 9.90. The van der Waals surface area contributed by atoms with Gasteiger partial charge in [-0.3, -0.25) is 0 Å². The van der Waals surface area contributed by atoms with Crippen LogP contribution in [0.15, 0.2) is 42.5 Å². The first-order valence-electron chi connectivity index (χ1n) is 7.24. The topological polar surface area (TPSA) is 3.24 Å². The first-order valence-corrected chi connectivity index (χ1v) is 8.00. The van der Waals surface area contributed by atoms with E-state index in [1.54, 1.807) is 0 Å². The smallest absolute Gasteiger partial charge is 0.0595 e. The first-order chi connectivity index (χ1) is 10.1. The number of fused-ring (bicyclic) bond motifs is 1. The van der Waals surface area contributed by atoms with Gasteiger partial charge in [0.2, 0.25) is 0 Å². The highest BCUT2D eigenvalue weighted by Crippen LogP contribution is 2.38. The Bertz CT molecular complexity index is 655. The third kappa shape index (κ3) is 3.44. The van der Waals surface area contributed by atoms with E-state index in [1.807, 2.05) is 12.1 Å². The number of likely N-dealkylation sites (N-methyl/N-ethyl adjacent to an activating group) is 1. The van der Waals surface area contributed by atoms with Crippen LogP contribution in [0.1, 0.15) is 22.6 Å². The number of hydrogen-bond acceptors (Lipinski definition) is 1. The van der Waals surface area contributed by atoms with Crippen LogP contribution >= 0.6 is 35.6 Å². The van der Waals surface area contributed by atoms with Crippen molar-refractivity contribution in [1.29, 1.82) is 0 Å². The fourth-order valence-electron chi connectivity index (χ4n) is 3.37. The molecule has 2 aromatic carbocycles. The number of nitrogens with zero attached hydrogens (tertiary/aromatic N) is 1. The van der Waals surface area contributed by atoms with Crippen LogP contribution in [0.2, 0.25) is 10.0 Å². The summed E-state index contributed by atoms with van der Waals surface area (Å²) in [6, 6.07) is 15.3. The zero-order valence-electron chi connectivity index (χ0n) is 12.7. The highest BCUT2D eigenvalue weighted by atomic mass is 35.5. The molecule has 0 unspecified atom stereocenters. The van der Waals surface area contributed by atoms with Crippen molar-refractivity contribution < 1.29 is 0 Å². The molecule has 0 heterocycles. The van der Waals surface area contributed by atoms with Crippen LogP contribution in [0.3, 0.4) is 0 Å². The molecule has 3 rings (SSSR count). The zero-order valence-corrected chi connectivity index (χ0v) is 15.1. The summed E-state index contributed by atoms with van der Waals surface area (Å²) in [6.07, 6.45) is 2.12. The summed E-state index contributed by atoms with van der Waals surface area (Å²) in [7, 11) is 4.33. The molecule has 0 aromatic heterocycles. The molecule has 0 saturated heterocycles. The van der Waals surface area contributed by atoms with Crippen LogP contribution in [0.25, 0.3) is 0 Å². The van der Waals surface area contributed by atoms with E-state index < -0.39 is 0 Å². The fourth-order valence-corrected chi connectivity index (χ4v) is 3.69. The molecule has 22 heavy (non-hydrogen) atoms. The van der Waals surface area contributed by atoms with Gasteiger partial charge in [0.25, 0.3) is 0 Å². The summed E-state index contributed by atoms with van der Waals surface area (Å²) in [6.45, 7) is 0. The van der Waals surface area contributed by atoms with E-state index in [2.05, 4.69) is 49.3 Å². The van der Waals surface area contributed by atoms with Crippen LogP contribution < -0.4 is 0 Å². The Morgan fingerprint density at radius 3 is 2.45 bits per heavy atom. The normalized spacial score (nSPS) is 19.9. The first kappa shape index (κ1) is 17.6. The molecule has 0 saturated carbocycles. The van der Waals surface area contributed by atoms with Gasteiger partial charge in [0.15, 0.2) is 0 Å². The van der Waals surface area contributed by atoms with E-state index >= 15 is 0 Å². The second-order valence-corrected chi connectivity index (χ2v) is 6.81. The molecule has 2 aromatic rings. The maximum Gasteiger partial charge on any atom is 0.0595 e. The number of rotatable bonds is 3. The molecule has 0 N–H and O–H groups in total. The van der Waals surface area contributed by atoms with Crippen molar-refractivity contribution in [3.8, 4) is 0 Å². The number of halogens is 3. The molecule has 0 aliphatic heterocycles. The van der Waals surface area contributed by atoms with E-state index in [1.165, 1.54) is 16.7 Å². The van der Waals surface area contributed by atoms with Crippen LogP contribution in [-0.4, -0.2) is 25.0 Å². The van der Waals surface area contributed by atoms with Gasteiger partial charge < -0.3 is 4.90 Å². The van der Waals surface area contributed by atoms with Crippen LogP contribution in [0.4, 0.5) is 0 Å². The zero-order chi connectivity index (χ0) is 15.0. The van der Waals surface area contributed by atoms with Crippen LogP contribution in [-0.2, 0) is 12.8 Å². The fraction of sp³-hybridized carbons (Fsp3) is 0.333. The van der Waals surface area contributed by atoms with E-state index in [0.717, 1.165) is 12.8 Å². The predicted octanol–water partition coefficient (Wildman–Crippen LogP) is 5.23. The summed E-state index contributed by atoms with van der Waals surface area (Å²) < 4.78 is 0. The second kappa shape index (κ2) is 7.23. The summed E-state index contributed by atoms with van der Waals surface area (Å²) in [5.74, 6) is 0.508. The standard InChI is InChI=1S/C18H19Cl2N.ClH/c1-21(2)18-11-13-5-3-4-6-14(13)15(18)9-12-7-8-16(19)17(20)10-12;/h3-8,10,15,18H,9,11H2,1-2H3;1H/t15-,18+;/m1./s1. The van der Waals surface area contributed by atoms with Crippen molar-refractivity contribution in [3.63, 3.8) is 0 Å². The van der Waals surface area contributed by atoms with Crippen molar-refractivity contribution in [2.24, 2.45) is 0 Å². The van der Waals surface area contributed by atoms with Gasteiger partial charge in [-0.15, -0.1) is 12.4 Å². The Morgan fingerprint density at radius 1 is 1.05 bits per heavy atom. The molecule has 1 aliphatic carbocycles. The van der Waals surface area contributed by atoms with E-state index in [9.17, 15) is 0 Å². The van der Waals surface area contributed by atoms with Crippen molar-refractivity contribution >= 4 is 35.6 Å². The Balaban J connectivity index is 0.00000176. The average molecular weight is 357 g/mol. The van der Waals surface area contributed by atoms with E-state index in [-0.39, 0.29) is 12.4 Å². The minimum Gasteiger partial charge on any atom is -0.305 e. The minimum atomic E-state index is 0. The molecule has 2 atom stereocenters. The summed E-state index contributed by atoms with van der Waals surface area (Å²) >= 11 is 12.2. The molecule has 1 aliphatic rings. The van der Waals surface area contributed by atoms with Gasteiger partial charge in [0, 0.05) is 12.0 Å². The number of hydrogen-bond donors (Lipinski definition) is 0. The summed E-state index contributed by atoms with van der Waals surface area (Å²) in [5.41, 5.74) is 4.20. The molecular formula is C18H20Cl3N. The Labute approximate surface area is 148 Å². The lowest BCUT2D eigenvalue weighted by Crippen LogP contribution is -2.32. The molecule has 1 nitrogen and oxygen atoms in total. The van der Waals surface area contributed by atoms with Gasteiger partial charge in [0.05, 0.1) is 10.0 Å². The quantitative estimate of drug-likeness (QED) is 0.728. The lowest BCUT2D eigenvalue weighted by molar-refractivity contribution is 0.265. The van der Waals surface area contributed by atoms with Gasteiger partial charge in [-0.05, 0) is 55.8 Å². The van der Waals surface area contributed by atoms with Gasteiger partial charge >= 0.3 is 0 Å². The molecule has 0 amide bonds. The van der Waals surface area contributed by atoms with Crippen molar-refractivity contribution in [3.05, 3.63) is 69.2 Å². The van der Waals surface area contributed by atoms with E-state index in [4.69, 9.17) is 23.2 Å². The molecule has 0 bridgehead atoms. The Kier molecular flexibility index (Phi) is 5.79. The van der Waals surface area contributed by atoms with Crippen molar-refractivity contribution in [2.45, 2.75) is 24.8 Å². The predicted molar refractivity (Wildman–Crippen MR) is 97.8 cm³/mol. The Morgan fingerprint density at radius 2 is 1.77 bits per heavy atom. The molecule has 4 heteroatoms. The Hall–Kier alpha value is -0.730. The average Bonchev–Trinajstić information content (AvgIpc) is 2.82. The van der Waals surface area contributed by atoms with Crippen LogP contribution in [0.5, 0.6) is 0 Å². The molecule has 0 radical (unpaired) electrons. The highest BCUT2D eigenvalue weighted by Gasteiger charge is 2.33. The van der Waals surface area contributed by atoms with Gasteiger partial charge in [-0.25, -0.2) is 0 Å². The summed E-state index contributed by atoms with van der Waals surface area (Å²) in [5, 5.41) is 1.26. The maximum atomic E-state index is 6.16. The molecular weight excluding hydrogens is 337 g/mol. The number of benzene rings is 2. The SMILES string of the molecule is CN(C)[C@H]1Cc2ccccc2[C@H]1Cc1ccc(Cl)c(Cl)c1.Cl. The third-order valence-corrected chi connectivity index (χ3v) is 5.19. The van der Waals surface area contributed by atoms with Crippen molar-refractivity contribution in [1.82, 2.24) is 4.90 Å². The molecule has 0 spiro atoms. The summed E-state index contributed by atoms with van der Waals surface area (Å²) in [4.78, 5) is 2.34. The van der Waals surface area contributed by atoms with Crippen molar-refractivity contribution in [2.75, 3.05) is 14.1 Å². The lowest BCUT2D eigenvalue weighted by Gasteiger charge is -2.27. The van der Waals surface area contributed by atoms with Gasteiger partial charge in [-0.1, -0.05) is 53.5 Å². The van der Waals surface area contributed by atoms with Gasteiger partial charge in [-0.2, -0.15) is 0 Å². The second-order valence-electron chi connectivity index (χ2n) is 5.99. The molecule has 0 fully saturated rings. The maximum absolute atomic E-state index is 6.16. The van der Waals surface area contributed by atoms with Gasteiger partial charge in [0.1, 0.15) is 0 Å². The monoisotopic (exact) mass is 355 g/mol. The molecule has 118 valence electrons. The highest BCUT2D eigenvalue weighted by molar-refractivity contribution is 6.42. The largest absolute Gasteiger partial charge is 0.305 e. The third-order valence-electron chi connectivity index (χ3n) is 4.45. The van der Waals surface area contributed by atoms with Crippen LogP contribution in [0, 0.1) is 0 Å². The minimum absolute atomic E-state index is 0.